The van der Waals surface area contributed by atoms with Crippen LogP contribution in [-0.4, -0.2) is 62.1 Å². The number of benzene rings is 2. The van der Waals surface area contributed by atoms with Crippen molar-refractivity contribution >= 4 is 29.2 Å². The van der Waals surface area contributed by atoms with Crippen LogP contribution in [0.2, 0.25) is 0 Å². The summed E-state index contributed by atoms with van der Waals surface area (Å²) in [6.07, 6.45) is 1.75. The summed E-state index contributed by atoms with van der Waals surface area (Å²) in [5.41, 5.74) is 1.55. The van der Waals surface area contributed by atoms with Crippen molar-refractivity contribution in [3.05, 3.63) is 63.7 Å². The summed E-state index contributed by atoms with van der Waals surface area (Å²) in [4.78, 5) is 25.8. The van der Waals surface area contributed by atoms with Crippen LogP contribution in [0.25, 0.3) is 6.08 Å². The number of carbonyl (C=O) groups is 1. The van der Waals surface area contributed by atoms with E-state index in [1.165, 1.54) is 29.3 Å². The minimum absolute atomic E-state index is 0.0566. The number of amides is 1. The molecule has 1 saturated heterocycles. The number of non-ortho nitro benzene ring substituents is 1. The first-order chi connectivity index (χ1) is 15.5. The predicted octanol–water partition coefficient (Wildman–Crippen LogP) is 2.69. The highest BCUT2D eigenvalue weighted by molar-refractivity contribution is 6.32. The zero-order valence-corrected chi connectivity index (χ0v) is 17.7. The number of nitro groups is 1. The van der Waals surface area contributed by atoms with Crippen LogP contribution < -0.4 is 14.5 Å². The molecule has 166 valence electrons. The Balaban J connectivity index is 1.73. The van der Waals surface area contributed by atoms with Gasteiger partial charge in [-0.25, -0.2) is 0 Å². The van der Waals surface area contributed by atoms with E-state index in [0.717, 1.165) is 5.56 Å². The van der Waals surface area contributed by atoms with E-state index < -0.39 is 4.92 Å². The molecule has 2 heterocycles. The van der Waals surface area contributed by atoms with E-state index in [1.54, 1.807) is 32.4 Å². The Hall–Kier alpha value is -3.92. The van der Waals surface area contributed by atoms with Crippen molar-refractivity contribution < 1.29 is 23.9 Å². The highest BCUT2D eigenvalue weighted by Gasteiger charge is 2.35. The fourth-order valence-corrected chi connectivity index (χ4v) is 3.54. The van der Waals surface area contributed by atoms with Gasteiger partial charge in [0.05, 0.1) is 43.6 Å². The highest BCUT2D eigenvalue weighted by atomic mass is 16.6. The van der Waals surface area contributed by atoms with Gasteiger partial charge in [-0.1, -0.05) is 6.07 Å². The lowest BCUT2D eigenvalue weighted by Gasteiger charge is -2.28. The van der Waals surface area contributed by atoms with Crippen LogP contribution in [-0.2, 0) is 9.53 Å². The number of morpholine rings is 1. The third-order valence-corrected chi connectivity index (χ3v) is 5.19. The Labute approximate surface area is 184 Å². The number of carbonyl (C=O) groups excluding carboxylic acids is 1. The number of nitrogens with zero attached hydrogens (tertiary/aromatic N) is 4. The first-order valence-electron chi connectivity index (χ1n) is 9.96. The third-order valence-electron chi connectivity index (χ3n) is 5.19. The van der Waals surface area contributed by atoms with Crippen LogP contribution in [0.15, 0.2) is 53.1 Å². The van der Waals surface area contributed by atoms with Crippen LogP contribution in [0, 0.1) is 10.1 Å². The van der Waals surface area contributed by atoms with Crippen LogP contribution in [0.1, 0.15) is 5.56 Å². The fraction of sp³-hybridized carbons (Fsp3) is 0.273. The maximum atomic E-state index is 13.4. The summed E-state index contributed by atoms with van der Waals surface area (Å²) in [6, 6.07) is 11.1. The Morgan fingerprint density at radius 3 is 2.38 bits per heavy atom. The van der Waals surface area contributed by atoms with Crippen LogP contribution >= 0.6 is 0 Å². The topological polar surface area (TPSA) is 107 Å². The van der Waals surface area contributed by atoms with Crippen molar-refractivity contribution in [2.75, 3.05) is 45.5 Å². The number of hydrogen-bond donors (Lipinski definition) is 0. The minimum atomic E-state index is -0.486. The molecule has 2 aliphatic heterocycles. The van der Waals surface area contributed by atoms with Crippen molar-refractivity contribution in [3.63, 3.8) is 0 Å². The molecule has 2 aromatic carbocycles. The minimum Gasteiger partial charge on any atom is -0.493 e. The summed E-state index contributed by atoms with van der Waals surface area (Å²) < 4.78 is 16.1. The molecule has 2 aliphatic rings. The molecule has 0 N–H and O–H groups in total. The second-order valence-corrected chi connectivity index (χ2v) is 7.09. The number of amidine groups is 1. The molecule has 1 amide bonds. The van der Waals surface area contributed by atoms with Crippen molar-refractivity contribution in [3.8, 4) is 11.5 Å². The van der Waals surface area contributed by atoms with Gasteiger partial charge in [-0.05, 0) is 35.9 Å². The van der Waals surface area contributed by atoms with Crippen LogP contribution in [0.5, 0.6) is 11.5 Å². The SMILES string of the molecule is COc1ccc(/C=C2/C(=O)N(c3ccc([N+](=O)[O-])cc3)N=C2N2CCOCC2)cc1OC. The maximum absolute atomic E-state index is 13.4. The summed E-state index contributed by atoms with van der Waals surface area (Å²) in [5.74, 6) is 1.34. The van der Waals surface area contributed by atoms with E-state index in [2.05, 4.69) is 5.10 Å². The summed E-state index contributed by atoms with van der Waals surface area (Å²) in [6.45, 7) is 2.27. The number of nitro benzene ring substituents is 1. The lowest BCUT2D eigenvalue weighted by atomic mass is 10.1. The molecule has 0 spiro atoms. The van der Waals surface area contributed by atoms with Crippen LogP contribution in [0.4, 0.5) is 11.4 Å². The number of methoxy groups -OCH3 is 2. The molecular weight excluding hydrogens is 416 g/mol. The van der Waals surface area contributed by atoms with E-state index in [9.17, 15) is 14.9 Å². The molecule has 2 aromatic rings. The molecule has 0 aromatic heterocycles. The van der Waals surface area contributed by atoms with Crippen molar-refractivity contribution in [2.45, 2.75) is 0 Å². The molecule has 1 fully saturated rings. The first kappa shape index (κ1) is 21.3. The number of ether oxygens (including phenoxy) is 3. The zero-order chi connectivity index (χ0) is 22.7. The number of anilines is 1. The lowest BCUT2D eigenvalue weighted by molar-refractivity contribution is -0.384. The average Bonchev–Trinajstić information content (AvgIpc) is 3.15. The first-order valence-corrected chi connectivity index (χ1v) is 9.96. The smallest absolute Gasteiger partial charge is 0.282 e. The molecule has 10 nitrogen and oxygen atoms in total. The van der Waals surface area contributed by atoms with Crippen molar-refractivity contribution in [2.24, 2.45) is 5.10 Å². The predicted molar refractivity (Wildman–Crippen MR) is 118 cm³/mol. The van der Waals surface area contributed by atoms with E-state index >= 15 is 0 Å². The summed E-state index contributed by atoms with van der Waals surface area (Å²) in [7, 11) is 3.11. The summed E-state index contributed by atoms with van der Waals surface area (Å²) in [5, 5.41) is 16.8. The molecule has 0 saturated carbocycles. The fourth-order valence-electron chi connectivity index (χ4n) is 3.54. The molecule has 0 unspecified atom stereocenters. The van der Waals surface area contributed by atoms with Gasteiger partial charge in [0.2, 0.25) is 0 Å². The Bertz CT molecular complexity index is 1090. The average molecular weight is 438 g/mol. The highest BCUT2D eigenvalue weighted by Crippen LogP contribution is 2.31. The van der Waals surface area contributed by atoms with Gasteiger partial charge < -0.3 is 19.1 Å². The largest absolute Gasteiger partial charge is 0.493 e. The molecule has 0 atom stereocenters. The molecule has 4 rings (SSSR count). The molecule has 10 heteroatoms. The van der Waals surface area contributed by atoms with Gasteiger partial charge in [-0.3, -0.25) is 14.9 Å². The molecule has 0 bridgehead atoms. The lowest BCUT2D eigenvalue weighted by Crippen LogP contribution is -2.41. The van der Waals surface area contributed by atoms with Gasteiger partial charge >= 0.3 is 0 Å². The van der Waals surface area contributed by atoms with Gasteiger partial charge in [0, 0.05) is 25.2 Å². The molecule has 0 aliphatic carbocycles. The summed E-state index contributed by atoms with van der Waals surface area (Å²) >= 11 is 0. The van der Waals surface area contributed by atoms with Crippen molar-refractivity contribution in [1.29, 1.82) is 0 Å². The van der Waals surface area contributed by atoms with Gasteiger partial charge in [0.15, 0.2) is 17.3 Å². The van der Waals surface area contributed by atoms with Gasteiger partial charge in [0.1, 0.15) is 0 Å². The van der Waals surface area contributed by atoms with Gasteiger partial charge in [-0.2, -0.15) is 5.01 Å². The molecule has 32 heavy (non-hydrogen) atoms. The monoisotopic (exact) mass is 438 g/mol. The number of rotatable bonds is 5. The second-order valence-electron chi connectivity index (χ2n) is 7.09. The van der Waals surface area contributed by atoms with E-state index in [1.807, 2.05) is 11.0 Å². The van der Waals surface area contributed by atoms with E-state index in [0.29, 0.717) is 54.9 Å². The van der Waals surface area contributed by atoms with Crippen LogP contribution in [0.3, 0.4) is 0 Å². The second kappa shape index (κ2) is 9.06. The standard InChI is InChI=1S/C22H22N4O6/c1-30-19-8-3-15(14-20(19)31-2)13-18-21(24-9-11-32-12-10-24)23-25(22(18)27)16-4-6-17(7-5-16)26(28)29/h3-8,13-14H,9-12H2,1-2H3/b18-13+. The molecular formula is C22H22N4O6. The Morgan fingerprint density at radius 2 is 1.75 bits per heavy atom. The number of hydrazone groups is 1. The normalized spacial score (nSPS) is 17.5. The van der Waals surface area contributed by atoms with Gasteiger partial charge in [-0.15, -0.1) is 5.10 Å². The van der Waals surface area contributed by atoms with Crippen molar-refractivity contribution in [1.82, 2.24) is 4.90 Å². The Morgan fingerprint density at radius 1 is 1.06 bits per heavy atom. The molecule has 0 radical (unpaired) electrons. The Kier molecular flexibility index (Phi) is 6.04. The quantitative estimate of drug-likeness (QED) is 0.401. The van der Waals surface area contributed by atoms with E-state index in [-0.39, 0.29) is 11.6 Å². The number of hydrogen-bond acceptors (Lipinski definition) is 8. The maximum Gasteiger partial charge on any atom is 0.282 e. The van der Waals surface area contributed by atoms with E-state index in [4.69, 9.17) is 14.2 Å². The zero-order valence-electron chi connectivity index (χ0n) is 17.7. The van der Waals surface area contributed by atoms with Gasteiger partial charge in [0.25, 0.3) is 11.6 Å². The third kappa shape index (κ3) is 4.12.